The van der Waals surface area contributed by atoms with Crippen molar-refractivity contribution in [2.45, 2.75) is 0 Å². The SMILES string of the molecule is COc1ccc(-c2csc(N/N=C\c3ccncc3)n2)cc1OC. The Morgan fingerprint density at radius 1 is 1.08 bits per heavy atom. The third-order valence-electron chi connectivity index (χ3n) is 3.26. The van der Waals surface area contributed by atoms with E-state index in [1.54, 1.807) is 32.8 Å². The molecule has 0 spiro atoms. The van der Waals surface area contributed by atoms with Crippen molar-refractivity contribution >= 4 is 22.7 Å². The summed E-state index contributed by atoms with van der Waals surface area (Å²) in [4.78, 5) is 8.49. The van der Waals surface area contributed by atoms with Gasteiger partial charge in [0.1, 0.15) is 0 Å². The molecule has 122 valence electrons. The topological polar surface area (TPSA) is 68.6 Å². The van der Waals surface area contributed by atoms with Crippen molar-refractivity contribution in [3.8, 4) is 22.8 Å². The third kappa shape index (κ3) is 3.69. The molecule has 0 amide bonds. The molecule has 2 heterocycles. The molecular weight excluding hydrogens is 324 g/mol. The van der Waals surface area contributed by atoms with E-state index in [9.17, 15) is 0 Å². The van der Waals surface area contributed by atoms with E-state index in [1.807, 2.05) is 35.7 Å². The summed E-state index contributed by atoms with van der Waals surface area (Å²) in [6, 6.07) is 9.46. The molecule has 0 radical (unpaired) electrons. The molecule has 1 N–H and O–H groups in total. The minimum absolute atomic E-state index is 0.674. The van der Waals surface area contributed by atoms with Crippen molar-refractivity contribution in [1.29, 1.82) is 0 Å². The van der Waals surface area contributed by atoms with Crippen molar-refractivity contribution in [2.24, 2.45) is 5.10 Å². The van der Waals surface area contributed by atoms with Gasteiger partial charge in [0.05, 0.1) is 26.1 Å². The zero-order valence-corrected chi connectivity index (χ0v) is 14.1. The van der Waals surface area contributed by atoms with Crippen LogP contribution in [0.5, 0.6) is 11.5 Å². The van der Waals surface area contributed by atoms with Gasteiger partial charge in [0.15, 0.2) is 11.5 Å². The molecule has 0 bridgehead atoms. The number of nitrogens with one attached hydrogen (secondary N) is 1. The van der Waals surface area contributed by atoms with Crippen molar-refractivity contribution < 1.29 is 9.47 Å². The quantitative estimate of drug-likeness (QED) is 0.548. The number of hydrogen-bond acceptors (Lipinski definition) is 7. The van der Waals surface area contributed by atoms with Gasteiger partial charge in [-0.2, -0.15) is 5.10 Å². The highest BCUT2D eigenvalue weighted by Gasteiger charge is 2.09. The van der Waals surface area contributed by atoms with Crippen molar-refractivity contribution in [3.63, 3.8) is 0 Å². The molecule has 0 unspecified atom stereocenters. The van der Waals surface area contributed by atoms with Crippen LogP contribution < -0.4 is 14.9 Å². The highest BCUT2D eigenvalue weighted by atomic mass is 32.1. The molecule has 7 heteroatoms. The first-order chi connectivity index (χ1) is 11.8. The first-order valence-electron chi connectivity index (χ1n) is 7.17. The van der Waals surface area contributed by atoms with Gasteiger partial charge in [-0.1, -0.05) is 0 Å². The Balaban J connectivity index is 1.72. The molecule has 6 nitrogen and oxygen atoms in total. The first kappa shape index (κ1) is 15.9. The van der Waals surface area contributed by atoms with Crippen LogP contribution >= 0.6 is 11.3 Å². The van der Waals surface area contributed by atoms with Gasteiger partial charge < -0.3 is 9.47 Å². The standard InChI is InChI=1S/C17H16N4O2S/c1-22-15-4-3-13(9-16(15)23-2)14-11-24-17(20-14)21-19-10-12-5-7-18-8-6-12/h3-11H,1-2H3,(H,20,21)/b19-10-. The number of anilines is 1. The highest BCUT2D eigenvalue weighted by Crippen LogP contribution is 2.33. The minimum atomic E-state index is 0.674. The van der Waals surface area contributed by atoms with Gasteiger partial charge in [-0.3, -0.25) is 10.4 Å². The fourth-order valence-corrected chi connectivity index (χ4v) is 2.73. The number of aromatic nitrogens is 2. The van der Waals surface area contributed by atoms with Crippen molar-refractivity contribution in [3.05, 3.63) is 53.7 Å². The van der Waals surface area contributed by atoms with Crippen LogP contribution in [-0.2, 0) is 0 Å². The second kappa shape index (κ2) is 7.56. The van der Waals surface area contributed by atoms with Crippen LogP contribution in [0.25, 0.3) is 11.3 Å². The molecule has 0 saturated carbocycles. The molecule has 0 atom stereocenters. The second-order valence-electron chi connectivity index (χ2n) is 4.76. The summed E-state index contributed by atoms with van der Waals surface area (Å²) >= 11 is 1.48. The number of ether oxygens (including phenoxy) is 2. The Labute approximate surface area is 143 Å². The highest BCUT2D eigenvalue weighted by molar-refractivity contribution is 7.14. The fourth-order valence-electron chi connectivity index (χ4n) is 2.06. The largest absolute Gasteiger partial charge is 0.493 e. The average molecular weight is 340 g/mol. The molecule has 1 aromatic carbocycles. The Bertz CT molecular complexity index is 834. The molecule has 2 aromatic heterocycles. The van der Waals surface area contributed by atoms with Gasteiger partial charge >= 0.3 is 0 Å². The number of thiazole rings is 1. The lowest BCUT2D eigenvalue weighted by Crippen LogP contribution is -1.92. The van der Waals surface area contributed by atoms with Gasteiger partial charge in [-0.15, -0.1) is 11.3 Å². The Morgan fingerprint density at radius 2 is 1.88 bits per heavy atom. The minimum Gasteiger partial charge on any atom is -0.493 e. The van der Waals surface area contributed by atoms with E-state index < -0.39 is 0 Å². The summed E-state index contributed by atoms with van der Waals surface area (Å²) in [7, 11) is 3.23. The zero-order chi connectivity index (χ0) is 16.8. The summed E-state index contributed by atoms with van der Waals surface area (Å²) in [6.07, 6.45) is 5.17. The van der Waals surface area contributed by atoms with Crippen LogP contribution in [0.15, 0.2) is 53.2 Å². The van der Waals surface area contributed by atoms with E-state index in [0.29, 0.717) is 16.6 Å². The molecule has 3 aromatic rings. The van der Waals surface area contributed by atoms with Gasteiger partial charge in [0.2, 0.25) is 5.13 Å². The van der Waals surface area contributed by atoms with Crippen molar-refractivity contribution in [2.75, 3.05) is 19.6 Å². The summed E-state index contributed by atoms with van der Waals surface area (Å²) in [5.74, 6) is 1.37. The number of nitrogens with zero attached hydrogens (tertiary/aromatic N) is 3. The Hall–Kier alpha value is -2.93. The fraction of sp³-hybridized carbons (Fsp3) is 0.118. The van der Waals surface area contributed by atoms with E-state index in [2.05, 4.69) is 20.5 Å². The molecule has 0 fully saturated rings. The number of benzene rings is 1. The molecule has 0 aliphatic heterocycles. The monoisotopic (exact) mass is 340 g/mol. The van der Waals surface area contributed by atoms with E-state index in [4.69, 9.17) is 9.47 Å². The average Bonchev–Trinajstić information content (AvgIpc) is 3.11. The van der Waals surface area contributed by atoms with Gasteiger partial charge in [-0.25, -0.2) is 4.98 Å². The van der Waals surface area contributed by atoms with E-state index in [1.165, 1.54) is 11.3 Å². The number of pyridine rings is 1. The van der Waals surface area contributed by atoms with Crippen molar-refractivity contribution in [1.82, 2.24) is 9.97 Å². The predicted octanol–water partition coefficient (Wildman–Crippen LogP) is 3.67. The van der Waals surface area contributed by atoms with Gasteiger partial charge in [0, 0.05) is 23.3 Å². The van der Waals surface area contributed by atoms with Crippen LogP contribution in [0.3, 0.4) is 0 Å². The first-order valence-corrected chi connectivity index (χ1v) is 8.05. The second-order valence-corrected chi connectivity index (χ2v) is 5.62. The maximum Gasteiger partial charge on any atom is 0.203 e. The molecule has 24 heavy (non-hydrogen) atoms. The van der Waals surface area contributed by atoms with E-state index in [0.717, 1.165) is 16.8 Å². The predicted molar refractivity (Wildman–Crippen MR) is 96.1 cm³/mol. The normalized spacial score (nSPS) is 10.8. The van der Waals surface area contributed by atoms with E-state index >= 15 is 0 Å². The molecular formula is C17H16N4O2S. The zero-order valence-electron chi connectivity index (χ0n) is 13.3. The summed E-state index contributed by atoms with van der Waals surface area (Å²) in [5.41, 5.74) is 5.71. The van der Waals surface area contributed by atoms with Crippen LogP contribution in [-0.4, -0.2) is 30.4 Å². The van der Waals surface area contributed by atoms with Crippen LogP contribution in [0.2, 0.25) is 0 Å². The smallest absolute Gasteiger partial charge is 0.203 e. The van der Waals surface area contributed by atoms with Crippen LogP contribution in [0, 0.1) is 0 Å². The number of methoxy groups -OCH3 is 2. The lowest BCUT2D eigenvalue weighted by molar-refractivity contribution is 0.355. The van der Waals surface area contributed by atoms with Gasteiger partial charge in [0.25, 0.3) is 0 Å². The molecule has 3 rings (SSSR count). The lowest BCUT2D eigenvalue weighted by Gasteiger charge is -2.08. The maximum absolute atomic E-state index is 5.33. The summed E-state index contributed by atoms with van der Waals surface area (Å²) in [6.45, 7) is 0. The van der Waals surface area contributed by atoms with Crippen LogP contribution in [0.4, 0.5) is 5.13 Å². The van der Waals surface area contributed by atoms with Gasteiger partial charge in [-0.05, 0) is 35.9 Å². The third-order valence-corrected chi connectivity index (χ3v) is 4.01. The number of hydrogen-bond donors (Lipinski definition) is 1. The Morgan fingerprint density at radius 3 is 2.62 bits per heavy atom. The lowest BCUT2D eigenvalue weighted by atomic mass is 10.1. The summed E-state index contributed by atoms with van der Waals surface area (Å²) in [5, 5.41) is 6.86. The molecule has 0 aliphatic rings. The number of rotatable bonds is 6. The molecule has 0 aliphatic carbocycles. The van der Waals surface area contributed by atoms with E-state index in [-0.39, 0.29) is 0 Å². The summed E-state index contributed by atoms with van der Waals surface area (Å²) < 4.78 is 10.6. The van der Waals surface area contributed by atoms with Crippen LogP contribution in [0.1, 0.15) is 5.56 Å². The number of hydrazone groups is 1. The molecule has 0 saturated heterocycles. The Kier molecular flexibility index (Phi) is 5.02. The maximum atomic E-state index is 5.33.